The lowest BCUT2D eigenvalue weighted by molar-refractivity contribution is 0.625. The third kappa shape index (κ3) is 2.82. The van der Waals surface area contributed by atoms with Crippen molar-refractivity contribution in [2.24, 2.45) is 0 Å². The average molecular weight is 297 g/mol. The smallest absolute Gasteiger partial charge is 0.123 e. The molecule has 0 radical (unpaired) electrons. The van der Waals surface area contributed by atoms with Gasteiger partial charge in [-0.3, -0.25) is 0 Å². The number of imidazole rings is 1. The summed E-state index contributed by atoms with van der Waals surface area (Å²) in [6.45, 7) is 2.85. The summed E-state index contributed by atoms with van der Waals surface area (Å²) >= 11 is 0. The van der Waals surface area contributed by atoms with Gasteiger partial charge in [0, 0.05) is 13.0 Å². The van der Waals surface area contributed by atoms with Crippen LogP contribution in [0.5, 0.6) is 0 Å². The van der Waals surface area contributed by atoms with E-state index in [1.165, 1.54) is 12.1 Å². The summed E-state index contributed by atoms with van der Waals surface area (Å²) in [6, 6.07) is 12.5. The van der Waals surface area contributed by atoms with Crippen LogP contribution in [0, 0.1) is 5.82 Å². The number of halogens is 1. The predicted octanol–water partition coefficient (Wildman–Crippen LogP) is 4.15. The molecule has 0 atom stereocenters. The molecule has 3 rings (SSSR count). The van der Waals surface area contributed by atoms with E-state index in [1.807, 2.05) is 30.3 Å². The second-order valence-corrected chi connectivity index (χ2v) is 5.56. The first-order chi connectivity index (χ1) is 10.7. The van der Waals surface area contributed by atoms with Crippen molar-refractivity contribution in [2.45, 2.75) is 32.7 Å². The van der Waals surface area contributed by atoms with Crippen LogP contribution in [-0.2, 0) is 13.0 Å². The predicted molar refractivity (Wildman–Crippen MR) is 88.3 cm³/mol. The van der Waals surface area contributed by atoms with Gasteiger partial charge in [0.2, 0.25) is 0 Å². The molecule has 3 aromatic rings. The number of fused-ring (bicyclic) bond motifs is 1. The molecule has 114 valence electrons. The van der Waals surface area contributed by atoms with E-state index in [0.29, 0.717) is 12.2 Å². The quantitative estimate of drug-likeness (QED) is 0.719. The van der Waals surface area contributed by atoms with Crippen LogP contribution in [0.4, 0.5) is 10.1 Å². The Morgan fingerprint density at radius 3 is 2.64 bits per heavy atom. The molecule has 0 aliphatic carbocycles. The molecule has 0 bridgehead atoms. The summed E-state index contributed by atoms with van der Waals surface area (Å²) in [6.07, 6.45) is 3.13. The van der Waals surface area contributed by atoms with Crippen molar-refractivity contribution in [3.8, 4) is 0 Å². The van der Waals surface area contributed by atoms with Crippen molar-refractivity contribution in [3.63, 3.8) is 0 Å². The molecule has 4 heteroatoms. The number of rotatable bonds is 5. The molecule has 0 saturated carbocycles. The zero-order valence-corrected chi connectivity index (χ0v) is 12.7. The Kier molecular flexibility index (Phi) is 4.09. The van der Waals surface area contributed by atoms with Crippen LogP contribution >= 0.6 is 0 Å². The third-order valence-corrected chi connectivity index (χ3v) is 3.90. The van der Waals surface area contributed by atoms with Gasteiger partial charge in [-0.2, -0.15) is 0 Å². The molecule has 0 amide bonds. The number of benzene rings is 2. The molecule has 0 spiro atoms. The van der Waals surface area contributed by atoms with E-state index in [1.54, 1.807) is 0 Å². The van der Waals surface area contributed by atoms with Gasteiger partial charge >= 0.3 is 0 Å². The Morgan fingerprint density at radius 2 is 1.91 bits per heavy atom. The minimum absolute atomic E-state index is 0.213. The lowest BCUT2D eigenvalue weighted by Crippen LogP contribution is -2.05. The maximum atomic E-state index is 13.1. The molecule has 3 nitrogen and oxygen atoms in total. The summed E-state index contributed by atoms with van der Waals surface area (Å²) in [5.74, 6) is 0.828. The molecule has 22 heavy (non-hydrogen) atoms. The van der Waals surface area contributed by atoms with E-state index in [-0.39, 0.29) is 5.82 Å². The number of hydrogen-bond acceptors (Lipinski definition) is 2. The van der Waals surface area contributed by atoms with Crippen molar-refractivity contribution < 1.29 is 4.39 Å². The molecule has 0 aliphatic heterocycles. The maximum Gasteiger partial charge on any atom is 0.123 e. The summed E-state index contributed by atoms with van der Waals surface area (Å²) in [5.41, 5.74) is 9.71. The van der Waals surface area contributed by atoms with Crippen molar-refractivity contribution in [3.05, 3.63) is 59.7 Å². The van der Waals surface area contributed by atoms with Crippen LogP contribution < -0.4 is 5.73 Å². The summed E-state index contributed by atoms with van der Waals surface area (Å²) in [4.78, 5) is 4.73. The molecular formula is C18H20FN3. The van der Waals surface area contributed by atoms with E-state index >= 15 is 0 Å². The Balaban J connectivity index is 2.04. The van der Waals surface area contributed by atoms with Gasteiger partial charge in [0.1, 0.15) is 17.2 Å². The molecule has 1 aromatic heterocycles. The third-order valence-electron chi connectivity index (χ3n) is 3.90. The lowest BCUT2D eigenvalue weighted by Gasteiger charge is -2.09. The Bertz CT molecular complexity index is 775. The number of anilines is 1. The van der Waals surface area contributed by atoms with Gasteiger partial charge in [-0.1, -0.05) is 31.5 Å². The van der Waals surface area contributed by atoms with Crippen molar-refractivity contribution >= 4 is 16.7 Å². The van der Waals surface area contributed by atoms with Gasteiger partial charge in [0.05, 0.1) is 11.2 Å². The normalized spacial score (nSPS) is 11.2. The fourth-order valence-electron chi connectivity index (χ4n) is 2.69. The highest BCUT2D eigenvalue weighted by Crippen LogP contribution is 2.24. The summed E-state index contributed by atoms with van der Waals surface area (Å²) in [7, 11) is 0. The number of unbranched alkanes of at least 4 members (excludes halogenated alkanes) is 1. The van der Waals surface area contributed by atoms with Crippen molar-refractivity contribution in [1.82, 2.24) is 9.55 Å². The van der Waals surface area contributed by atoms with Gasteiger partial charge < -0.3 is 10.3 Å². The minimum Gasteiger partial charge on any atom is -0.397 e. The van der Waals surface area contributed by atoms with Crippen LogP contribution in [0.1, 0.15) is 31.2 Å². The fraction of sp³-hybridized carbons (Fsp3) is 0.278. The summed E-state index contributed by atoms with van der Waals surface area (Å²) < 4.78 is 15.3. The Labute approximate surface area is 129 Å². The molecule has 2 aromatic carbocycles. The molecule has 0 saturated heterocycles. The molecule has 0 aliphatic rings. The van der Waals surface area contributed by atoms with E-state index in [2.05, 4.69) is 11.5 Å². The SMILES string of the molecule is CCCCc1nc2c(N)cccc2n1Cc1ccc(F)cc1. The first-order valence-corrected chi connectivity index (χ1v) is 7.67. The highest BCUT2D eigenvalue weighted by molar-refractivity contribution is 5.87. The van der Waals surface area contributed by atoms with E-state index in [0.717, 1.165) is 41.7 Å². The van der Waals surface area contributed by atoms with Crippen LogP contribution in [0.15, 0.2) is 42.5 Å². The van der Waals surface area contributed by atoms with Gasteiger partial charge in [-0.05, 0) is 36.2 Å². The van der Waals surface area contributed by atoms with Gasteiger partial charge in [-0.15, -0.1) is 0 Å². The zero-order chi connectivity index (χ0) is 15.5. The average Bonchev–Trinajstić information content (AvgIpc) is 2.87. The van der Waals surface area contributed by atoms with Crippen LogP contribution in [-0.4, -0.2) is 9.55 Å². The molecular weight excluding hydrogens is 277 g/mol. The second kappa shape index (κ2) is 6.18. The summed E-state index contributed by atoms with van der Waals surface area (Å²) in [5, 5.41) is 0. The van der Waals surface area contributed by atoms with Gasteiger partial charge in [-0.25, -0.2) is 9.37 Å². The van der Waals surface area contributed by atoms with Crippen LogP contribution in [0.2, 0.25) is 0 Å². The lowest BCUT2D eigenvalue weighted by atomic mass is 10.2. The number of nitrogen functional groups attached to an aromatic ring is 1. The monoisotopic (exact) mass is 297 g/mol. The number of aryl methyl sites for hydroxylation is 1. The number of nitrogens with zero attached hydrogens (tertiary/aromatic N) is 2. The first kappa shape index (κ1) is 14.6. The number of hydrogen-bond donors (Lipinski definition) is 1. The van der Waals surface area contributed by atoms with Crippen molar-refractivity contribution in [2.75, 3.05) is 5.73 Å². The Hall–Kier alpha value is -2.36. The van der Waals surface area contributed by atoms with Gasteiger partial charge in [0.15, 0.2) is 0 Å². The van der Waals surface area contributed by atoms with E-state index < -0.39 is 0 Å². The molecule has 1 heterocycles. The number of aromatic nitrogens is 2. The Morgan fingerprint density at radius 1 is 1.14 bits per heavy atom. The topological polar surface area (TPSA) is 43.8 Å². The standard InChI is InChI=1S/C18H20FN3/c1-2-3-7-17-21-18-15(20)5-4-6-16(18)22(17)12-13-8-10-14(19)11-9-13/h4-6,8-11H,2-3,7,12,20H2,1H3. The highest BCUT2D eigenvalue weighted by atomic mass is 19.1. The number of para-hydroxylation sites is 1. The largest absolute Gasteiger partial charge is 0.397 e. The highest BCUT2D eigenvalue weighted by Gasteiger charge is 2.12. The first-order valence-electron chi connectivity index (χ1n) is 7.67. The minimum atomic E-state index is -0.213. The van der Waals surface area contributed by atoms with Crippen LogP contribution in [0.3, 0.4) is 0 Å². The molecule has 0 fully saturated rings. The van der Waals surface area contributed by atoms with Crippen molar-refractivity contribution in [1.29, 1.82) is 0 Å². The van der Waals surface area contributed by atoms with E-state index in [4.69, 9.17) is 10.7 Å². The number of nitrogens with two attached hydrogens (primary N) is 1. The second-order valence-electron chi connectivity index (χ2n) is 5.56. The molecule has 2 N–H and O–H groups in total. The van der Waals surface area contributed by atoms with Gasteiger partial charge in [0.25, 0.3) is 0 Å². The fourth-order valence-corrected chi connectivity index (χ4v) is 2.69. The zero-order valence-electron chi connectivity index (χ0n) is 12.7. The van der Waals surface area contributed by atoms with Crippen LogP contribution in [0.25, 0.3) is 11.0 Å². The molecule has 0 unspecified atom stereocenters. The maximum absolute atomic E-state index is 13.1. The van der Waals surface area contributed by atoms with E-state index in [9.17, 15) is 4.39 Å².